The van der Waals surface area contributed by atoms with Crippen LogP contribution in [0, 0.1) is 12.0 Å². The van der Waals surface area contributed by atoms with Crippen LogP contribution in [0.25, 0.3) is 0 Å². The van der Waals surface area contributed by atoms with Gasteiger partial charge >= 0.3 is 18.9 Å². The van der Waals surface area contributed by atoms with Crippen LogP contribution in [0.1, 0.15) is 0 Å². The first-order valence-corrected chi connectivity index (χ1v) is 1.87. The summed E-state index contributed by atoms with van der Waals surface area (Å²) in [4.78, 5) is 3.38. The van der Waals surface area contributed by atoms with E-state index in [1.54, 1.807) is 0 Å². The van der Waals surface area contributed by atoms with Gasteiger partial charge in [0.25, 0.3) is 0 Å². The molecule has 0 atom stereocenters. The van der Waals surface area contributed by atoms with E-state index in [2.05, 4.69) is 11.2 Å². The Bertz CT molecular complexity index is 142. The normalized spacial score (nSPS) is 7.62. The van der Waals surface area contributed by atoms with Gasteiger partial charge in [-0.25, -0.2) is 4.39 Å². The van der Waals surface area contributed by atoms with Crippen LogP contribution >= 0.6 is 0 Å². The molecule has 0 unspecified atom stereocenters. The van der Waals surface area contributed by atoms with Gasteiger partial charge in [0.15, 0.2) is 0 Å². The van der Waals surface area contributed by atoms with Crippen molar-refractivity contribution in [1.82, 2.24) is 4.98 Å². The molecule has 0 saturated carbocycles. The van der Waals surface area contributed by atoms with Crippen LogP contribution in [0.4, 0.5) is 4.39 Å². The van der Waals surface area contributed by atoms with E-state index in [-0.39, 0.29) is 24.7 Å². The molecule has 3 heteroatoms. The van der Waals surface area contributed by atoms with Crippen molar-refractivity contribution in [2.24, 2.45) is 0 Å². The maximum absolute atomic E-state index is 11.8. The number of rotatable bonds is 0. The first-order chi connectivity index (χ1) is 3.39. The van der Waals surface area contributed by atoms with Gasteiger partial charge in [-0.05, 0) is 0 Å². The Morgan fingerprint density at radius 3 is 2.62 bits per heavy atom. The monoisotopic (exact) mass is 103 g/mol. The molecule has 0 fully saturated rings. The fourth-order valence-electron chi connectivity index (χ4n) is 0.302. The third-order valence-electron chi connectivity index (χ3n) is 0.580. The number of hydrogen-bond donors (Lipinski definition) is 0. The van der Waals surface area contributed by atoms with Crippen molar-refractivity contribution in [3.8, 4) is 0 Å². The van der Waals surface area contributed by atoms with Gasteiger partial charge < -0.3 is 4.98 Å². The SMILES string of the molecule is Fc1cc[c-]nc1.[Li+]. The Labute approximate surface area is 59.1 Å². The first-order valence-electron chi connectivity index (χ1n) is 1.87. The van der Waals surface area contributed by atoms with Crippen LogP contribution in [0.5, 0.6) is 0 Å². The summed E-state index contributed by atoms with van der Waals surface area (Å²) in [6.07, 6.45) is 3.55. The molecule has 0 aliphatic rings. The molecule has 0 spiro atoms. The first kappa shape index (κ1) is 7.68. The zero-order valence-electron chi connectivity index (χ0n) is 4.56. The largest absolute Gasteiger partial charge is 1.00 e. The summed E-state index contributed by atoms with van der Waals surface area (Å²) < 4.78 is 11.8. The van der Waals surface area contributed by atoms with E-state index in [0.29, 0.717) is 0 Å². The maximum atomic E-state index is 11.8. The summed E-state index contributed by atoms with van der Waals surface area (Å²) in [5.74, 6) is -0.321. The molecule has 0 aliphatic heterocycles. The Morgan fingerprint density at radius 1 is 1.62 bits per heavy atom. The maximum Gasteiger partial charge on any atom is 1.00 e. The third kappa shape index (κ3) is 2.11. The van der Waals surface area contributed by atoms with Gasteiger partial charge in [0, 0.05) is 5.82 Å². The number of aromatic nitrogens is 1. The van der Waals surface area contributed by atoms with Crippen molar-refractivity contribution in [3.63, 3.8) is 0 Å². The summed E-state index contributed by atoms with van der Waals surface area (Å²) in [7, 11) is 0. The van der Waals surface area contributed by atoms with E-state index >= 15 is 0 Å². The Kier molecular flexibility index (Phi) is 3.50. The van der Waals surface area contributed by atoms with Gasteiger partial charge in [-0.2, -0.15) is 6.07 Å². The number of pyridine rings is 1. The zero-order valence-corrected chi connectivity index (χ0v) is 4.56. The van der Waals surface area contributed by atoms with Crippen molar-refractivity contribution in [2.45, 2.75) is 0 Å². The summed E-state index contributed by atoms with van der Waals surface area (Å²) in [5.41, 5.74) is 0. The summed E-state index contributed by atoms with van der Waals surface area (Å²) in [6.45, 7) is 0. The minimum absolute atomic E-state index is 0. The average molecular weight is 103 g/mol. The Hall–Kier alpha value is -0.323. The average Bonchev–Trinajstić information content (AvgIpc) is 1.69. The third-order valence-corrected chi connectivity index (χ3v) is 0.580. The minimum atomic E-state index is -0.321. The zero-order chi connectivity index (χ0) is 5.11. The molecule has 0 bridgehead atoms. The number of hydrogen-bond acceptors (Lipinski definition) is 1. The van der Waals surface area contributed by atoms with Crippen LogP contribution in [-0.2, 0) is 0 Å². The van der Waals surface area contributed by atoms with Gasteiger partial charge in [0.05, 0.1) is 0 Å². The van der Waals surface area contributed by atoms with Gasteiger partial charge in [-0.15, -0.1) is 6.07 Å². The van der Waals surface area contributed by atoms with E-state index < -0.39 is 0 Å². The van der Waals surface area contributed by atoms with Crippen molar-refractivity contribution < 1.29 is 23.3 Å². The number of halogens is 1. The summed E-state index contributed by atoms with van der Waals surface area (Å²) in [6, 6.07) is 2.72. The molecular formula is C5H3FLiN. The molecule has 0 aromatic carbocycles. The van der Waals surface area contributed by atoms with Crippen LogP contribution in [0.2, 0.25) is 0 Å². The topological polar surface area (TPSA) is 12.9 Å². The van der Waals surface area contributed by atoms with Gasteiger partial charge in [-0.1, -0.05) is 12.4 Å². The van der Waals surface area contributed by atoms with Gasteiger partial charge in [0.1, 0.15) is 0 Å². The van der Waals surface area contributed by atoms with Crippen LogP contribution in [0.15, 0.2) is 18.3 Å². The van der Waals surface area contributed by atoms with E-state index in [4.69, 9.17) is 0 Å². The summed E-state index contributed by atoms with van der Waals surface area (Å²) >= 11 is 0. The Balaban J connectivity index is 0.000000490. The quantitative estimate of drug-likeness (QED) is 0.274. The molecule has 0 N–H and O–H groups in total. The molecular weight excluding hydrogens is 100 g/mol. The van der Waals surface area contributed by atoms with Crippen molar-refractivity contribution in [1.29, 1.82) is 0 Å². The molecule has 1 nitrogen and oxygen atoms in total. The van der Waals surface area contributed by atoms with Gasteiger partial charge in [0.2, 0.25) is 0 Å². The van der Waals surface area contributed by atoms with Crippen molar-refractivity contribution >= 4 is 0 Å². The molecule has 1 aromatic heterocycles. The van der Waals surface area contributed by atoms with Crippen LogP contribution < -0.4 is 18.9 Å². The second kappa shape index (κ2) is 3.65. The fraction of sp³-hybridized carbons (Fsp3) is 0. The van der Waals surface area contributed by atoms with E-state index in [0.717, 1.165) is 6.20 Å². The molecule has 0 amide bonds. The summed E-state index contributed by atoms with van der Waals surface area (Å²) in [5, 5.41) is 0. The van der Waals surface area contributed by atoms with Crippen molar-refractivity contribution in [2.75, 3.05) is 0 Å². The van der Waals surface area contributed by atoms with E-state index in [1.807, 2.05) is 0 Å². The molecule has 1 rings (SSSR count). The predicted molar refractivity (Wildman–Crippen MR) is 23.0 cm³/mol. The standard InChI is InChI=1S/C5H3FN.Li/c6-5-2-1-3-7-4-5;/h1-2,4H;/q-1;+1. The minimum Gasteiger partial charge on any atom is -0.391 e. The smallest absolute Gasteiger partial charge is 0.391 e. The van der Waals surface area contributed by atoms with Crippen molar-refractivity contribution in [3.05, 3.63) is 30.3 Å². The second-order valence-electron chi connectivity index (χ2n) is 1.11. The van der Waals surface area contributed by atoms with Crippen LogP contribution in [-0.4, -0.2) is 4.98 Å². The second-order valence-corrected chi connectivity index (χ2v) is 1.11. The molecule has 0 aliphatic carbocycles. The molecule has 0 radical (unpaired) electrons. The van der Waals surface area contributed by atoms with E-state index in [1.165, 1.54) is 12.1 Å². The molecule has 1 heterocycles. The Morgan fingerprint density at radius 2 is 2.38 bits per heavy atom. The molecule has 0 saturated heterocycles. The van der Waals surface area contributed by atoms with E-state index in [9.17, 15) is 4.39 Å². The molecule has 1 aromatic rings. The number of nitrogens with zero attached hydrogens (tertiary/aromatic N) is 1. The molecule has 8 heavy (non-hydrogen) atoms. The fourth-order valence-corrected chi connectivity index (χ4v) is 0.302. The predicted octanol–water partition coefficient (Wildman–Crippen LogP) is -1.98. The molecule has 36 valence electrons. The van der Waals surface area contributed by atoms with Gasteiger partial charge in [-0.3, -0.25) is 0 Å². The van der Waals surface area contributed by atoms with Crippen LogP contribution in [0.3, 0.4) is 0 Å².